The summed E-state index contributed by atoms with van der Waals surface area (Å²) in [5.74, 6) is -1.02. The van der Waals surface area contributed by atoms with Crippen LogP contribution in [0, 0.1) is 5.82 Å². The van der Waals surface area contributed by atoms with Gasteiger partial charge in [-0.05, 0) is 48.0 Å². The predicted molar refractivity (Wildman–Crippen MR) is 104 cm³/mol. The van der Waals surface area contributed by atoms with Gasteiger partial charge in [0.25, 0.3) is 15.9 Å². The van der Waals surface area contributed by atoms with E-state index in [0.29, 0.717) is 6.54 Å². The molecular formula is C20H18FN3O3S. The number of hydrogen-bond donors (Lipinski definition) is 1. The van der Waals surface area contributed by atoms with Crippen LogP contribution in [-0.2, 0) is 16.6 Å². The van der Waals surface area contributed by atoms with E-state index in [2.05, 4.69) is 9.71 Å². The second-order valence-corrected chi connectivity index (χ2v) is 7.81. The number of nitrogens with one attached hydrogen (secondary N) is 1. The fourth-order valence-electron chi connectivity index (χ4n) is 2.60. The molecule has 0 aliphatic carbocycles. The van der Waals surface area contributed by atoms with Crippen molar-refractivity contribution in [2.24, 2.45) is 0 Å². The molecule has 0 radical (unpaired) electrons. The normalized spacial score (nSPS) is 11.1. The maximum absolute atomic E-state index is 13.8. The Morgan fingerprint density at radius 3 is 2.50 bits per heavy atom. The maximum atomic E-state index is 13.8. The van der Waals surface area contributed by atoms with Crippen LogP contribution >= 0.6 is 0 Å². The fourth-order valence-corrected chi connectivity index (χ4v) is 3.71. The van der Waals surface area contributed by atoms with Crippen LogP contribution in [0.3, 0.4) is 0 Å². The van der Waals surface area contributed by atoms with Crippen LogP contribution < -0.4 is 4.72 Å². The quantitative estimate of drug-likeness (QED) is 0.690. The van der Waals surface area contributed by atoms with Crippen LogP contribution in [0.1, 0.15) is 15.9 Å². The van der Waals surface area contributed by atoms with E-state index in [1.165, 1.54) is 47.4 Å². The van der Waals surface area contributed by atoms with Gasteiger partial charge in [-0.3, -0.25) is 14.5 Å². The van der Waals surface area contributed by atoms with Crippen molar-refractivity contribution in [3.8, 4) is 0 Å². The van der Waals surface area contributed by atoms with Gasteiger partial charge in [0.2, 0.25) is 0 Å². The number of hydrogen-bond acceptors (Lipinski definition) is 4. The molecule has 3 aromatic rings. The lowest BCUT2D eigenvalue weighted by atomic mass is 10.2. The first kappa shape index (κ1) is 19.5. The summed E-state index contributed by atoms with van der Waals surface area (Å²) in [6.45, 7) is 0.353. The second kappa shape index (κ2) is 8.18. The first-order valence-electron chi connectivity index (χ1n) is 8.38. The Morgan fingerprint density at radius 2 is 1.79 bits per heavy atom. The summed E-state index contributed by atoms with van der Waals surface area (Å²) >= 11 is 0. The molecule has 1 aromatic heterocycles. The lowest BCUT2D eigenvalue weighted by molar-refractivity contribution is 0.0785. The number of anilines is 1. The van der Waals surface area contributed by atoms with Crippen molar-refractivity contribution in [2.75, 3.05) is 11.8 Å². The van der Waals surface area contributed by atoms with Gasteiger partial charge in [-0.25, -0.2) is 12.8 Å². The molecule has 6 nitrogen and oxygen atoms in total. The number of aromatic nitrogens is 1. The van der Waals surface area contributed by atoms with Gasteiger partial charge in [0.15, 0.2) is 0 Å². The van der Waals surface area contributed by atoms with E-state index in [1.807, 2.05) is 0 Å². The van der Waals surface area contributed by atoms with Gasteiger partial charge in [-0.1, -0.05) is 18.2 Å². The van der Waals surface area contributed by atoms with Crippen molar-refractivity contribution in [3.05, 3.63) is 90.0 Å². The largest absolute Gasteiger partial charge is 0.337 e. The Bertz CT molecular complexity index is 1090. The Labute approximate surface area is 162 Å². The van der Waals surface area contributed by atoms with E-state index in [1.54, 1.807) is 31.6 Å². The second-order valence-electron chi connectivity index (χ2n) is 6.13. The first-order chi connectivity index (χ1) is 13.4. The number of carbonyl (C=O) groups is 1. The van der Waals surface area contributed by atoms with Crippen LogP contribution in [0.4, 0.5) is 10.1 Å². The molecule has 1 heterocycles. The van der Waals surface area contributed by atoms with Crippen LogP contribution in [0.25, 0.3) is 0 Å². The van der Waals surface area contributed by atoms with E-state index in [9.17, 15) is 17.6 Å². The molecule has 0 bridgehead atoms. The van der Waals surface area contributed by atoms with Gasteiger partial charge in [-0.15, -0.1) is 0 Å². The van der Waals surface area contributed by atoms with Crippen LogP contribution in [0.15, 0.2) is 78.0 Å². The molecular weight excluding hydrogens is 381 g/mol. The Morgan fingerprint density at radius 1 is 1.07 bits per heavy atom. The Kier molecular flexibility index (Phi) is 5.70. The highest BCUT2D eigenvalue weighted by Crippen LogP contribution is 2.20. The molecule has 0 fully saturated rings. The molecule has 1 N–H and O–H groups in total. The minimum atomic E-state index is -4.05. The number of pyridine rings is 1. The number of para-hydroxylation sites is 1. The van der Waals surface area contributed by atoms with Crippen LogP contribution in [0.5, 0.6) is 0 Å². The molecule has 0 atom stereocenters. The van der Waals surface area contributed by atoms with Crippen molar-refractivity contribution in [1.82, 2.24) is 9.88 Å². The highest BCUT2D eigenvalue weighted by atomic mass is 32.2. The molecule has 0 saturated carbocycles. The molecule has 28 heavy (non-hydrogen) atoms. The Hall–Kier alpha value is -3.26. The lowest BCUT2D eigenvalue weighted by Gasteiger charge is -2.18. The number of halogens is 1. The zero-order valence-electron chi connectivity index (χ0n) is 15.0. The van der Waals surface area contributed by atoms with Crippen LogP contribution in [-0.4, -0.2) is 31.3 Å². The van der Waals surface area contributed by atoms with Crippen molar-refractivity contribution < 1.29 is 17.6 Å². The molecule has 2 aromatic carbocycles. The number of carbonyl (C=O) groups excluding carboxylic acids is 1. The van der Waals surface area contributed by atoms with Gasteiger partial charge >= 0.3 is 0 Å². The third-order valence-electron chi connectivity index (χ3n) is 4.03. The number of benzene rings is 2. The van der Waals surface area contributed by atoms with Gasteiger partial charge in [0.05, 0.1) is 10.6 Å². The molecule has 0 spiro atoms. The topological polar surface area (TPSA) is 79.4 Å². The lowest BCUT2D eigenvalue weighted by Crippen LogP contribution is -2.26. The summed E-state index contributed by atoms with van der Waals surface area (Å²) in [5.41, 5.74) is 0.956. The predicted octanol–water partition coefficient (Wildman–Crippen LogP) is 3.29. The fraction of sp³-hybridized carbons (Fsp3) is 0.100. The van der Waals surface area contributed by atoms with Crippen molar-refractivity contribution in [3.63, 3.8) is 0 Å². The average molecular weight is 399 g/mol. The van der Waals surface area contributed by atoms with Crippen molar-refractivity contribution in [1.29, 1.82) is 0 Å². The van der Waals surface area contributed by atoms with Gasteiger partial charge < -0.3 is 4.90 Å². The zero-order valence-corrected chi connectivity index (χ0v) is 15.9. The SMILES string of the molecule is CN(Cc1ccncc1)C(=O)c1cccc(S(=O)(=O)Nc2ccccc2F)c1. The van der Waals surface area contributed by atoms with E-state index >= 15 is 0 Å². The molecule has 0 saturated heterocycles. The minimum Gasteiger partial charge on any atom is -0.337 e. The molecule has 8 heteroatoms. The third kappa shape index (κ3) is 4.52. The smallest absolute Gasteiger partial charge is 0.262 e. The number of nitrogens with zero attached hydrogens (tertiary/aromatic N) is 2. The van der Waals surface area contributed by atoms with Gasteiger partial charge in [-0.2, -0.15) is 0 Å². The monoisotopic (exact) mass is 399 g/mol. The molecule has 0 aliphatic heterocycles. The average Bonchev–Trinajstić information content (AvgIpc) is 2.70. The van der Waals surface area contributed by atoms with Crippen LogP contribution in [0.2, 0.25) is 0 Å². The summed E-state index contributed by atoms with van der Waals surface area (Å²) in [4.78, 5) is 18.0. The number of sulfonamides is 1. The molecule has 0 aliphatic rings. The van der Waals surface area contributed by atoms with Gasteiger partial charge in [0, 0.05) is 31.5 Å². The maximum Gasteiger partial charge on any atom is 0.262 e. The Balaban J connectivity index is 1.81. The summed E-state index contributed by atoms with van der Waals surface area (Å²) < 4.78 is 41.1. The van der Waals surface area contributed by atoms with E-state index in [4.69, 9.17) is 0 Å². The number of amides is 1. The molecule has 1 amide bonds. The van der Waals surface area contributed by atoms with E-state index in [-0.39, 0.29) is 22.1 Å². The summed E-state index contributed by atoms with van der Waals surface area (Å²) in [7, 11) is -2.42. The first-order valence-corrected chi connectivity index (χ1v) is 9.87. The van der Waals surface area contributed by atoms with E-state index < -0.39 is 15.8 Å². The third-order valence-corrected chi connectivity index (χ3v) is 5.39. The zero-order chi connectivity index (χ0) is 20.1. The molecule has 144 valence electrons. The number of rotatable bonds is 6. The summed E-state index contributed by atoms with van der Waals surface area (Å²) in [6, 6.07) is 14.7. The minimum absolute atomic E-state index is 0.126. The summed E-state index contributed by atoms with van der Waals surface area (Å²) in [5, 5.41) is 0. The van der Waals surface area contributed by atoms with Crippen molar-refractivity contribution >= 4 is 21.6 Å². The summed E-state index contributed by atoms with van der Waals surface area (Å²) in [6.07, 6.45) is 3.27. The van der Waals surface area contributed by atoms with Crippen molar-refractivity contribution in [2.45, 2.75) is 11.4 Å². The highest BCUT2D eigenvalue weighted by molar-refractivity contribution is 7.92. The molecule has 0 unspecified atom stereocenters. The highest BCUT2D eigenvalue weighted by Gasteiger charge is 2.19. The van der Waals surface area contributed by atoms with Gasteiger partial charge in [0.1, 0.15) is 5.82 Å². The standard InChI is InChI=1S/C20H18FN3O3S/c1-24(14-15-9-11-22-12-10-15)20(25)16-5-4-6-17(13-16)28(26,27)23-19-8-3-2-7-18(19)21/h2-13,23H,14H2,1H3. The molecule has 3 rings (SSSR count). The van der Waals surface area contributed by atoms with E-state index in [0.717, 1.165) is 11.6 Å².